The molecule has 0 radical (unpaired) electrons. The molecule has 0 unspecified atom stereocenters. The molecule has 3 nitrogen and oxygen atoms in total. The maximum absolute atomic E-state index is 5.15. The number of methoxy groups -OCH3 is 1. The van der Waals surface area contributed by atoms with Gasteiger partial charge < -0.3 is 10.1 Å². The molecule has 2 aromatic carbocycles. The minimum absolute atomic E-state index is 0.735. The van der Waals surface area contributed by atoms with E-state index in [1.54, 1.807) is 7.11 Å². The molecule has 0 aliphatic rings. The number of ether oxygens (including phenoxy) is 1. The smallest absolute Gasteiger partial charge is 0.126 e. The molecule has 21 heavy (non-hydrogen) atoms. The Morgan fingerprint density at radius 3 is 2.62 bits per heavy atom. The lowest BCUT2D eigenvalue weighted by Gasteiger charge is -2.08. The number of pyridine rings is 1. The molecule has 0 aliphatic heterocycles. The molecule has 0 saturated carbocycles. The number of rotatable bonds is 4. The third-order valence-corrected chi connectivity index (χ3v) is 3.78. The normalized spacial score (nSPS) is 10.6. The molecule has 4 heteroatoms. The summed E-state index contributed by atoms with van der Waals surface area (Å²) in [7, 11) is 1.67. The van der Waals surface area contributed by atoms with Crippen molar-refractivity contribution in [1.82, 2.24) is 4.98 Å². The number of anilines is 1. The van der Waals surface area contributed by atoms with Crippen LogP contribution < -0.4 is 10.1 Å². The summed E-state index contributed by atoms with van der Waals surface area (Å²) in [6.07, 6.45) is 0. The first-order chi connectivity index (χ1) is 10.2. The fraction of sp³-hybridized carbons (Fsp3) is 0.118. The number of fused-ring (bicyclic) bond motifs is 1. The molecule has 0 saturated heterocycles. The van der Waals surface area contributed by atoms with Gasteiger partial charge in [0.1, 0.15) is 11.6 Å². The molecular weight excluding hydrogens is 328 g/mol. The number of nitrogens with zero attached hydrogens (tertiary/aromatic N) is 1. The zero-order chi connectivity index (χ0) is 14.7. The van der Waals surface area contributed by atoms with E-state index in [0.29, 0.717) is 0 Å². The highest BCUT2D eigenvalue weighted by Gasteiger charge is 2.00. The second-order valence-corrected chi connectivity index (χ2v) is 5.65. The van der Waals surface area contributed by atoms with Crippen LogP contribution in [-0.4, -0.2) is 12.1 Å². The number of hydrogen-bond donors (Lipinski definition) is 1. The topological polar surface area (TPSA) is 34.1 Å². The van der Waals surface area contributed by atoms with Crippen molar-refractivity contribution in [1.29, 1.82) is 0 Å². The van der Waals surface area contributed by atoms with E-state index in [0.717, 1.165) is 33.5 Å². The zero-order valence-electron chi connectivity index (χ0n) is 11.6. The Hall–Kier alpha value is -2.07. The summed E-state index contributed by atoms with van der Waals surface area (Å²) in [5, 5.41) is 4.47. The predicted molar refractivity (Wildman–Crippen MR) is 89.8 cm³/mol. The Labute approximate surface area is 132 Å². The molecule has 0 fully saturated rings. The van der Waals surface area contributed by atoms with E-state index < -0.39 is 0 Å². The summed E-state index contributed by atoms with van der Waals surface area (Å²) in [5.41, 5.74) is 2.17. The third kappa shape index (κ3) is 3.34. The molecule has 0 aliphatic carbocycles. The molecule has 1 aromatic heterocycles. The average molecular weight is 343 g/mol. The lowest BCUT2D eigenvalue weighted by molar-refractivity contribution is 0.414. The molecule has 0 bridgehead atoms. The van der Waals surface area contributed by atoms with Gasteiger partial charge >= 0.3 is 0 Å². The van der Waals surface area contributed by atoms with E-state index >= 15 is 0 Å². The van der Waals surface area contributed by atoms with E-state index in [1.807, 2.05) is 42.5 Å². The summed E-state index contributed by atoms with van der Waals surface area (Å²) >= 11 is 3.47. The number of halogens is 1. The van der Waals surface area contributed by atoms with Gasteiger partial charge in [-0.25, -0.2) is 4.98 Å². The van der Waals surface area contributed by atoms with Crippen LogP contribution in [0.15, 0.2) is 59.1 Å². The molecule has 3 aromatic rings. The van der Waals surface area contributed by atoms with Gasteiger partial charge in [0.2, 0.25) is 0 Å². The fourth-order valence-corrected chi connectivity index (χ4v) is 2.51. The van der Waals surface area contributed by atoms with Crippen molar-refractivity contribution in [3.05, 3.63) is 64.6 Å². The van der Waals surface area contributed by atoms with Gasteiger partial charge in [-0.1, -0.05) is 28.1 Å². The third-order valence-electron chi connectivity index (χ3n) is 3.28. The second-order valence-electron chi connectivity index (χ2n) is 4.74. The van der Waals surface area contributed by atoms with Crippen LogP contribution >= 0.6 is 15.9 Å². The standard InChI is InChI=1S/C17H15BrN2O/c1-21-15-6-2-12(3-7-15)11-19-17-9-4-13-10-14(18)5-8-16(13)20-17/h2-10H,11H2,1H3,(H,19,20). The average Bonchev–Trinajstić information content (AvgIpc) is 2.53. The van der Waals surface area contributed by atoms with Crippen molar-refractivity contribution in [2.75, 3.05) is 12.4 Å². The molecular formula is C17H15BrN2O. The van der Waals surface area contributed by atoms with Crippen molar-refractivity contribution in [3.8, 4) is 5.75 Å². The quantitative estimate of drug-likeness (QED) is 0.751. The highest BCUT2D eigenvalue weighted by Crippen LogP contribution is 2.20. The Bertz CT molecular complexity index is 756. The highest BCUT2D eigenvalue weighted by atomic mass is 79.9. The first-order valence-corrected chi connectivity index (χ1v) is 7.47. The molecule has 0 amide bonds. The minimum Gasteiger partial charge on any atom is -0.497 e. The van der Waals surface area contributed by atoms with E-state index in [-0.39, 0.29) is 0 Å². The zero-order valence-corrected chi connectivity index (χ0v) is 13.2. The van der Waals surface area contributed by atoms with Gasteiger partial charge in [-0.15, -0.1) is 0 Å². The van der Waals surface area contributed by atoms with Crippen LogP contribution in [0, 0.1) is 0 Å². The summed E-state index contributed by atoms with van der Waals surface area (Å²) in [5.74, 6) is 1.74. The van der Waals surface area contributed by atoms with Crippen molar-refractivity contribution >= 4 is 32.7 Å². The van der Waals surface area contributed by atoms with Gasteiger partial charge in [-0.3, -0.25) is 0 Å². The van der Waals surface area contributed by atoms with Crippen LogP contribution in [0.2, 0.25) is 0 Å². The van der Waals surface area contributed by atoms with E-state index in [4.69, 9.17) is 4.74 Å². The van der Waals surface area contributed by atoms with Gasteiger partial charge in [0, 0.05) is 16.4 Å². The molecule has 0 atom stereocenters. The van der Waals surface area contributed by atoms with Gasteiger partial charge in [0.05, 0.1) is 12.6 Å². The first-order valence-electron chi connectivity index (χ1n) is 6.68. The number of hydrogen-bond acceptors (Lipinski definition) is 3. The van der Waals surface area contributed by atoms with Gasteiger partial charge in [0.15, 0.2) is 0 Å². The van der Waals surface area contributed by atoms with Crippen molar-refractivity contribution < 1.29 is 4.74 Å². The molecule has 1 N–H and O–H groups in total. The molecule has 3 rings (SSSR count). The van der Waals surface area contributed by atoms with Gasteiger partial charge in [0.25, 0.3) is 0 Å². The summed E-state index contributed by atoms with van der Waals surface area (Å²) in [4.78, 5) is 4.61. The van der Waals surface area contributed by atoms with Crippen LogP contribution in [-0.2, 0) is 6.54 Å². The molecule has 106 valence electrons. The highest BCUT2D eigenvalue weighted by molar-refractivity contribution is 9.10. The van der Waals surface area contributed by atoms with E-state index in [9.17, 15) is 0 Å². The van der Waals surface area contributed by atoms with Crippen LogP contribution in [0.25, 0.3) is 10.9 Å². The Morgan fingerprint density at radius 1 is 1.05 bits per heavy atom. The Balaban J connectivity index is 1.73. The fourth-order valence-electron chi connectivity index (χ4n) is 2.13. The maximum Gasteiger partial charge on any atom is 0.126 e. The van der Waals surface area contributed by atoms with Crippen molar-refractivity contribution in [2.24, 2.45) is 0 Å². The monoisotopic (exact) mass is 342 g/mol. The lowest BCUT2D eigenvalue weighted by atomic mass is 10.2. The lowest BCUT2D eigenvalue weighted by Crippen LogP contribution is -2.01. The van der Waals surface area contributed by atoms with E-state index in [2.05, 4.69) is 38.4 Å². The van der Waals surface area contributed by atoms with E-state index in [1.165, 1.54) is 5.56 Å². The predicted octanol–water partition coefficient (Wildman–Crippen LogP) is 4.62. The molecule has 0 spiro atoms. The Kier molecular flexibility index (Phi) is 4.06. The van der Waals surface area contributed by atoms with Crippen LogP contribution in [0.4, 0.5) is 5.82 Å². The van der Waals surface area contributed by atoms with Crippen molar-refractivity contribution in [3.63, 3.8) is 0 Å². The summed E-state index contributed by atoms with van der Waals surface area (Å²) in [6.45, 7) is 0.735. The second kappa shape index (κ2) is 6.14. The van der Waals surface area contributed by atoms with Crippen LogP contribution in [0.5, 0.6) is 5.75 Å². The SMILES string of the molecule is COc1ccc(CNc2ccc3cc(Br)ccc3n2)cc1. The van der Waals surface area contributed by atoms with Crippen LogP contribution in [0.3, 0.4) is 0 Å². The van der Waals surface area contributed by atoms with Crippen molar-refractivity contribution in [2.45, 2.75) is 6.54 Å². The summed E-state index contributed by atoms with van der Waals surface area (Å²) < 4.78 is 6.22. The van der Waals surface area contributed by atoms with Gasteiger partial charge in [-0.2, -0.15) is 0 Å². The molecule has 1 heterocycles. The summed E-state index contributed by atoms with van der Waals surface area (Å²) in [6, 6.07) is 18.2. The largest absolute Gasteiger partial charge is 0.497 e. The first kappa shape index (κ1) is 13.9. The number of aromatic nitrogens is 1. The minimum atomic E-state index is 0.735. The maximum atomic E-state index is 5.15. The number of benzene rings is 2. The van der Waals surface area contributed by atoms with Gasteiger partial charge in [-0.05, 0) is 48.0 Å². The van der Waals surface area contributed by atoms with Crippen LogP contribution in [0.1, 0.15) is 5.56 Å². The Morgan fingerprint density at radius 2 is 1.86 bits per heavy atom. The number of nitrogens with one attached hydrogen (secondary N) is 1.